The molecule has 1 atom stereocenters. The summed E-state index contributed by atoms with van der Waals surface area (Å²) in [5.41, 5.74) is 1.14. The summed E-state index contributed by atoms with van der Waals surface area (Å²) in [6, 6.07) is 7.94. The lowest BCUT2D eigenvalue weighted by Crippen LogP contribution is -2.39. The van der Waals surface area contributed by atoms with Crippen molar-refractivity contribution < 1.29 is 27.4 Å². The van der Waals surface area contributed by atoms with Gasteiger partial charge in [0.15, 0.2) is 11.5 Å². The molecule has 0 unspecified atom stereocenters. The van der Waals surface area contributed by atoms with Crippen molar-refractivity contribution in [2.45, 2.75) is 25.6 Å². The van der Waals surface area contributed by atoms with E-state index in [9.17, 15) is 18.0 Å². The van der Waals surface area contributed by atoms with Crippen molar-refractivity contribution in [2.75, 3.05) is 20.8 Å². The fourth-order valence-electron chi connectivity index (χ4n) is 3.42. The molecular formula is C20H20F3NO3. The van der Waals surface area contributed by atoms with Crippen molar-refractivity contribution in [3.05, 3.63) is 58.7 Å². The molecule has 0 spiro atoms. The first-order valence-corrected chi connectivity index (χ1v) is 8.49. The van der Waals surface area contributed by atoms with Crippen molar-refractivity contribution >= 4 is 5.91 Å². The molecule has 2 aromatic carbocycles. The molecule has 2 aromatic rings. The molecule has 1 heterocycles. The van der Waals surface area contributed by atoms with E-state index in [0.717, 1.165) is 23.3 Å². The van der Waals surface area contributed by atoms with E-state index >= 15 is 0 Å². The van der Waals surface area contributed by atoms with Crippen LogP contribution in [0.2, 0.25) is 0 Å². The number of alkyl halides is 3. The number of halogens is 3. The maximum atomic E-state index is 13.0. The van der Waals surface area contributed by atoms with Gasteiger partial charge in [0, 0.05) is 12.1 Å². The van der Waals surface area contributed by atoms with Crippen molar-refractivity contribution in [1.82, 2.24) is 4.90 Å². The molecule has 0 fully saturated rings. The molecule has 144 valence electrons. The van der Waals surface area contributed by atoms with Crippen LogP contribution in [0.4, 0.5) is 13.2 Å². The molecule has 0 saturated carbocycles. The van der Waals surface area contributed by atoms with Gasteiger partial charge in [-0.05, 0) is 54.8 Å². The van der Waals surface area contributed by atoms with E-state index in [1.54, 1.807) is 12.0 Å². The average Bonchev–Trinajstić information content (AvgIpc) is 2.66. The molecule has 4 nitrogen and oxygen atoms in total. The Morgan fingerprint density at radius 3 is 2.41 bits per heavy atom. The van der Waals surface area contributed by atoms with Crippen molar-refractivity contribution in [3.63, 3.8) is 0 Å². The molecule has 27 heavy (non-hydrogen) atoms. The van der Waals surface area contributed by atoms with Crippen LogP contribution in [0.15, 0.2) is 36.4 Å². The molecule has 0 saturated heterocycles. The van der Waals surface area contributed by atoms with Crippen LogP contribution >= 0.6 is 0 Å². The van der Waals surface area contributed by atoms with Crippen LogP contribution in [-0.2, 0) is 12.6 Å². The molecule has 0 radical (unpaired) electrons. The maximum absolute atomic E-state index is 13.0. The highest BCUT2D eigenvalue weighted by molar-refractivity contribution is 5.95. The lowest BCUT2D eigenvalue weighted by molar-refractivity contribution is -0.137. The van der Waals surface area contributed by atoms with Gasteiger partial charge < -0.3 is 14.4 Å². The highest BCUT2D eigenvalue weighted by Gasteiger charge is 2.33. The minimum absolute atomic E-state index is 0.0283. The van der Waals surface area contributed by atoms with Gasteiger partial charge in [-0.2, -0.15) is 13.2 Å². The highest BCUT2D eigenvalue weighted by atomic mass is 19.4. The Hall–Kier alpha value is -2.70. The van der Waals surface area contributed by atoms with E-state index in [4.69, 9.17) is 9.47 Å². The fraction of sp³-hybridized carbons (Fsp3) is 0.350. The summed E-state index contributed by atoms with van der Waals surface area (Å²) in [7, 11) is 3.09. The van der Waals surface area contributed by atoms with E-state index in [1.165, 1.54) is 19.2 Å². The van der Waals surface area contributed by atoms with Crippen LogP contribution in [-0.4, -0.2) is 31.6 Å². The number of hydrogen-bond acceptors (Lipinski definition) is 3. The van der Waals surface area contributed by atoms with Crippen molar-refractivity contribution in [2.24, 2.45) is 0 Å². The minimum atomic E-state index is -4.49. The number of rotatable bonds is 3. The number of methoxy groups -OCH3 is 2. The van der Waals surface area contributed by atoms with Crippen molar-refractivity contribution in [1.29, 1.82) is 0 Å². The quantitative estimate of drug-likeness (QED) is 0.789. The van der Waals surface area contributed by atoms with Gasteiger partial charge in [0.05, 0.1) is 25.8 Å². The van der Waals surface area contributed by atoms with Gasteiger partial charge in [0.2, 0.25) is 0 Å². The maximum Gasteiger partial charge on any atom is 0.416 e. The smallest absolute Gasteiger partial charge is 0.416 e. The molecule has 3 rings (SSSR count). The van der Waals surface area contributed by atoms with Gasteiger partial charge in [-0.1, -0.05) is 6.07 Å². The van der Waals surface area contributed by atoms with Gasteiger partial charge in [-0.15, -0.1) is 0 Å². The molecule has 7 heteroatoms. The number of carbonyl (C=O) groups is 1. The van der Waals surface area contributed by atoms with Gasteiger partial charge in [0.25, 0.3) is 5.91 Å². The zero-order valence-electron chi connectivity index (χ0n) is 15.3. The topological polar surface area (TPSA) is 38.8 Å². The van der Waals surface area contributed by atoms with E-state index in [-0.39, 0.29) is 11.6 Å². The Morgan fingerprint density at radius 1 is 1.11 bits per heavy atom. The van der Waals surface area contributed by atoms with Crippen LogP contribution in [0.5, 0.6) is 11.5 Å². The van der Waals surface area contributed by atoms with Crippen LogP contribution < -0.4 is 9.47 Å². The summed E-state index contributed by atoms with van der Waals surface area (Å²) >= 11 is 0. The lowest BCUT2D eigenvalue weighted by Gasteiger charge is -2.36. The normalized spacial score (nSPS) is 16.7. The first kappa shape index (κ1) is 19.1. The average molecular weight is 379 g/mol. The molecule has 0 N–H and O–H groups in total. The van der Waals surface area contributed by atoms with Crippen LogP contribution in [0, 0.1) is 0 Å². The second-order valence-corrected chi connectivity index (χ2v) is 6.41. The molecule has 0 bridgehead atoms. The highest BCUT2D eigenvalue weighted by Crippen LogP contribution is 2.38. The summed E-state index contributed by atoms with van der Waals surface area (Å²) in [6.07, 6.45) is -3.90. The Balaban J connectivity index is 1.93. The predicted octanol–water partition coefficient (Wildman–Crippen LogP) is 4.48. The van der Waals surface area contributed by atoms with Gasteiger partial charge in [-0.3, -0.25) is 4.79 Å². The second kappa shape index (κ2) is 7.13. The van der Waals surface area contributed by atoms with Crippen LogP contribution in [0.25, 0.3) is 0 Å². The van der Waals surface area contributed by atoms with Crippen LogP contribution in [0.3, 0.4) is 0 Å². The Labute approximate surface area is 155 Å². The number of nitrogens with zero attached hydrogens (tertiary/aromatic N) is 1. The van der Waals surface area contributed by atoms with Gasteiger partial charge in [-0.25, -0.2) is 0 Å². The number of amides is 1. The largest absolute Gasteiger partial charge is 0.493 e. The number of fused-ring (bicyclic) bond motifs is 1. The second-order valence-electron chi connectivity index (χ2n) is 6.41. The molecule has 1 amide bonds. The molecule has 0 aliphatic carbocycles. The van der Waals surface area contributed by atoms with Crippen molar-refractivity contribution in [3.8, 4) is 11.5 Å². The predicted molar refractivity (Wildman–Crippen MR) is 94.1 cm³/mol. The minimum Gasteiger partial charge on any atom is -0.493 e. The van der Waals surface area contributed by atoms with E-state index < -0.39 is 17.6 Å². The van der Waals surface area contributed by atoms with Crippen LogP contribution in [0.1, 0.15) is 40.0 Å². The Kier molecular flexibility index (Phi) is 5.04. The molecule has 1 aliphatic rings. The first-order chi connectivity index (χ1) is 12.8. The summed E-state index contributed by atoms with van der Waals surface area (Å²) in [5.74, 6) is 0.742. The monoisotopic (exact) mass is 379 g/mol. The summed E-state index contributed by atoms with van der Waals surface area (Å²) in [5, 5.41) is 0. The lowest BCUT2D eigenvalue weighted by atomic mass is 9.92. The summed E-state index contributed by atoms with van der Waals surface area (Å²) in [4.78, 5) is 14.5. The third kappa shape index (κ3) is 3.59. The number of carbonyl (C=O) groups excluding carboxylic acids is 1. The third-order valence-corrected chi connectivity index (χ3v) is 4.88. The Bertz CT molecular complexity index is 864. The zero-order valence-corrected chi connectivity index (χ0v) is 15.3. The number of hydrogen-bond donors (Lipinski definition) is 0. The standard InChI is InChI=1S/C20H20F3NO3/c1-12-16-11-18(27-3)17(26-2)10-13(16)7-8-24(12)19(25)14-5-4-6-15(9-14)20(21,22)23/h4-6,9-12H,7-8H2,1-3H3/t12-/m0/s1. The molecule has 0 aromatic heterocycles. The van der Waals surface area contributed by atoms with E-state index in [2.05, 4.69) is 0 Å². The van der Waals surface area contributed by atoms with E-state index in [0.29, 0.717) is 24.5 Å². The third-order valence-electron chi connectivity index (χ3n) is 4.88. The van der Waals surface area contributed by atoms with E-state index in [1.807, 2.05) is 19.1 Å². The summed E-state index contributed by atoms with van der Waals surface area (Å²) in [6.45, 7) is 2.27. The van der Waals surface area contributed by atoms with Gasteiger partial charge in [0.1, 0.15) is 0 Å². The first-order valence-electron chi connectivity index (χ1n) is 8.49. The molecule has 1 aliphatic heterocycles. The zero-order chi connectivity index (χ0) is 19.8. The number of benzene rings is 2. The number of ether oxygens (including phenoxy) is 2. The molecular weight excluding hydrogens is 359 g/mol. The SMILES string of the molecule is COc1cc2c(cc1OC)[C@H](C)N(C(=O)c1cccc(C(F)(F)F)c1)CC2. The van der Waals surface area contributed by atoms with Gasteiger partial charge >= 0.3 is 6.18 Å². The Morgan fingerprint density at radius 2 is 1.78 bits per heavy atom. The summed E-state index contributed by atoms with van der Waals surface area (Å²) < 4.78 is 49.5. The fourth-order valence-corrected chi connectivity index (χ4v) is 3.42.